The third-order valence-electron chi connectivity index (χ3n) is 3.73. The second-order valence-corrected chi connectivity index (χ2v) is 7.17. The molecule has 2 aromatic rings. The molecule has 1 atom stereocenters. The largest absolute Gasteiger partial charge is 0 e. The maximum absolute atomic E-state index is 14.3. The van der Waals surface area contributed by atoms with Crippen molar-refractivity contribution in [1.82, 2.24) is 0 Å². The maximum Gasteiger partial charge on any atom is 0 e. The van der Waals surface area contributed by atoms with Gasteiger partial charge in [0.05, 0.1) is 0 Å². The van der Waals surface area contributed by atoms with Crippen molar-refractivity contribution < 1.29 is 82.8 Å². The Balaban J connectivity index is 0.00000392. The van der Waals surface area contributed by atoms with Crippen molar-refractivity contribution in [1.29, 1.82) is 0 Å². The van der Waals surface area contributed by atoms with Crippen molar-refractivity contribution in [2.75, 3.05) is 11.1 Å². The molecule has 28 heavy (non-hydrogen) atoms. The van der Waals surface area contributed by atoms with E-state index in [0.717, 1.165) is 25.4 Å². The quantitative estimate of drug-likeness (QED) is 0.280. The molecular weight excluding hydrogens is 638 g/mol. The zero-order chi connectivity index (χ0) is 20.6. The van der Waals surface area contributed by atoms with E-state index in [1.54, 1.807) is 0 Å². The van der Waals surface area contributed by atoms with Crippen LogP contribution in [0.1, 0.15) is 18.1 Å². The van der Waals surface area contributed by atoms with Gasteiger partial charge in [-0.1, -0.05) is 0 Å². The first-order valence-corrected chi connectivity index (χ1v) is 8.76. The summed E-state index contributed by atoms with van der Waals surface area (Å²) in [5, 5.41) is 2.69. The number of halogens is 7. The molecule has 3 N–H and O–H groups in total. The summed E-state index contributed by atoms with van der Waals surface area (Å²) in [6.07, 6.45) is -5.83. The molecule has 0 heterocycles. The molecule has 0 aliphatic rings. The Morgan fingerprint density at radius 1 is 1.07 bits per heavy atom. The minimum absolute atomic E-state index is 0. The number of rotatable bonds is 5. The summed E-state index contributed by atoms with van der Waals surface area (Å²) < 4.78 is 94.3. The average Bonchev–Trinajstić information content (AvgIpc) is 2.55. The predicted octanol–water partition coefficient (Wildman–Crippen LogP) is 4.72. The Hall–Kier alpha value is -0.788. The van der Waals surface area contributed by atoms with Gasteiger partial charge in [-0.2, -0.15) is 0 Å². The van der Waals surface area contributed by atoms with Gasteiger partial charge in [-0.05, 0) is 0 Å². The molecule has 1 unspecified atom stereocenters. The molecular formula is C17H12F7N2WY-. The number of anilines is 2. The fourth-order valence-electron chi connectivity index (χ4n) is 2.30. The SMILES string of the molecule is CC(F)(F)C(F)(c1c[c-]c(N[C](=[W])c2cccc(N)c2F)cc1)C(F)(F)F.[Y]. The van der Waals surface area contributed by atoms with Crippen LogP contribution in [0.5, 0.6) is 0 Å². The van der Waals surface area contributed by atoms with Crippen molar-refractivity contribution in [2.45, 2.75) is 24.7 Å². The summed E-state index contributed by atoms with van der Waals surface area (Å²) in [5.74, 6) is -5.39. The zero-order valence-corrected chi connectivity index (χ0v) is 19.9. The maximum atomic E-state index is 14.3. The molecule has 149 valence electrons. The molecule has 2 aromatic carbocycles. The van der Waals surface area contributed by atoms with Gasteiger partial charge < -0.3 is 0 Å². The van der Waals surface area contributed by atoms with E-state index in [1.807, 2.05) is 0 Å². The van der Waals surface area contributed by atoms with Crippen LogP contribution < -0.4 is 11.1 Å². The minimum atomic E-state index is -5.83. The summed E-state index contributed by atoms with van der Waals surface area (Å²) >= 11 is 0.766. The summed E-state index contributed by atoms with van der Waals surface area (Å²) in [5.41, 5.74) is -0.584. The third kappa shape index (κ3) is 4.85. The summed E-state index contributed by atoms with van der Waals surface area (Å²) in [4.78, 5) is 0. The van der Waals surface area contributed by atoms with Crippen LogP contribution in [0.2, 0.25) is 0 Å². The molecule has 0 spiro atoms. The number of benzene rings is 2. The Labute approximate surface area is 192 Å². The van der Waals surface area contributed by atoms with E-state index in [0.29, 0.717) is 16.2 Å². The van der Waals surface area contributed by atoms with Crippen LogP contribution in [0.25, 0.3) is 0 Å². The molecule has 2 rings (SSSR count). The molecule has 0 aliphatic carbocycles. The van der Waals surface area contributed by atoms with Gasteiger partial charge >= 0.3 is 161 Å². The van der Waals surface area contributed by atoms with E-state index in [9.17, 15) is 30.7 Å². The number of nitrogens with one attached hydrogen (secondary N) is 1. The van der Waals surface area contributed by atoms with E-state index >= 15 is 0 Å². The van der Waals surface area contributed by atoms with Crippen LogP contribution >= 0.6 is 0 Å². The summed E-state index contributed by atoms with van der Waals surface area (Å²) in [7, 11) is 0. The van der Waals surface area contributed by atoms with Crippen molar-refractivity contribution in [3.8, 4) is 0 Å². The molecule has 2 nitrogen and oxygen atoms in total. The Kier molecular flexibility index (Phi) is 8.05. The van der Waals surface area contributed by atoms with Crippen LogP contribution in [0.3, 0.4) is 0 Å². The fourth-order valence-corrected chi connectivity index (χ4v) is 3.26. The summed E-state index contributed by atoms with van der Waals surface area (Å²) in [6.45, 7) is -0.142. The molecule has 0 aliphatic heterocycles. The molecule has 0 saturated heterocycles. The van der Waals surface area contributed by atoms with E-state index in [2.05, 4.69) is 11.4 Å². The zero-order valence-electron chi connectivity index (χ0n) is 14.2. The van der Waals surface area contributed by atoms with Gasteiger partial charge in [-0.15, -0.1) is 0 Å². The number of hydrogen-bond acceptors (Lipinski definition) is 2. The molecule has 0 saturated carbocycles. The second kappa shape index (κ2) is 8.92. The topological polar surface area (TPSA) is 38.0 Å². The number of nitrogen functional groups attached to an aromatic ring is 1. The van der Waals surface area contributed by atoms with Crippen molar-refractivity contribution in [3.05, 3.63) is 59.4 Å². The smallest absolute Gasteiger partial charge is 0 e. The summed E-state index contributed by atoms with van der Waals surface area (Å²) in [6, 6.07) is 8.60. The first-order chi connectivity index (χ1) is 12.3. The molecule has 0 aromatic heterocycles. The van der Waals surface area contributed by atoms with E-state index in [-0.39, 0.29) is 56.6 Å². The predicted molar refractivity (Wildman–Crippen MR) is 83.3 cm³/mol. The Morgan fingerprint density at radius 3 is 2.14 bits per heavy atom. The molecule has 0 amide bonds. The van der Waals surface area contributed by atoms with Crippen molar-refractivity contribution in [3.63, 3.8) is 0 Å². The van der Waals surface area contributed by atoms with Crippen LogP contribution in [0.15, 0.2) is 36.4 Å². The molecule has 11 heteroatoms. The van der Waals surface area contributed by atoms with Gasteiger partial charge in [0.1, 0.15) is 0 Å². The van der Waals surface area contributed by atoms with Gasteiger partial charge in [0, 0.05) is 32.7 Å². The van der Waals surface area contributed by atoms with Gasteiger partial charge in [-0.3, -0.25) is 0 Å². The van der Waals surface area contributed by atoms with Gasteiger partial charge in [0.2, 0.25) is 0 Å². The number of nitrogens with two attached hydrogens (primary N) is 1. The Morgan fingerprint density at radius 2 is 1.68 bits per heavy atom. The van der Waals surface area contributed by atoms with Crippen LogP contribution in [-0.2, 0) is 57.7 Å². The molecule has 1 radical (unpaired) electrons. The number of alkyl halides is 6. The average molecular weight is 650 g/mol. The minimum Gasteiger partial charge on any atom is 0 e. The molecule has 0 bridgehead atoms. The first-order valence-electron chi connectivity index (χ1n) is 7.30. The fraction of sp³-hybridized carbons (Fsp3) is 0.235. The normalized spacial score (nSPS) is 14.0. The van der Waals surface area contributed by atoms with Crippen molar-refractivity contribution >= 4 is 15.4 Å². The van der Waals surface area contributed by atoms with Crippen LogP contribution in [0.4, 0.5) is 42.1 Å². The first kappa shape index (κ1) is 25.2. The van der Waals surface area contributed by atoms with E-state index in [4.69, 9.17) is 5.73 Å². The second-order valence-electron chi connectivity index (χ2n) is 5.70. The van der Waals surface area contributed by atoms with Gasteiger partial charge in [0.15, 0.2) is 0 Å². The standard InChI is InChI=1S/C17H12F7N2.W.Y/c1-15(19,20)16(21,17(22,23)24)11-5-7-12(8-6-11)26-9-10-3-2-4-13(25)14(10)18;;/h2-7,26H,25H2,1H3;;/q-1;;. The Bertz CT molecular complexity index is 834. The van der Waals surface area contributed by atoms with E-state index < -0.39 is 29.1 Å². The van der Waals surface area contributed by atoms with Gasteiger partial charge in [0.25, 0.3) is 0 Å². The third-order valence-corrected chi connectivity index (χ3v) is 4.88. The molecule has 0 fully saturated rings. The van der Waals surface area contributed by atoms with Crippen LogP contribution in [0, 0.1) is 11.9 Å². The van der Waals surface area contributed by atoms with Gasteiger partial charge in [-0.25, -0.2) is 0 Å². The monoisotopic (exact) mass is 650 g/mol. The van der Waals surface area contributed by atoms with E-state index in [1.165, 1.54) is 18.2 Å². The van der Waals surface area contributed by atoms with Crippen LogP contribution in [-0.4, -0.2) is 16.1 Å². The van der Waals surface area contributed by atoms with Crippen molar-refractivity contribution in [2.24, 2.45) is 0 Å². The number of hydrogen-bond donors (Lipinski definition) is 2.